The summed E-state index contributed by atoms with van der Waals surface area (Å²) in [6.07, 6.45) is 11.9. The van der Waals surface area contributed by atoms with Crippen LogP contribution in [0.5, 0.6) is 0 Å². The van der Waals surface area contributed by atoms with Gasteiger partial charge in [-0.05, 0) is 152 Å². The number of carbonyl (C=O) groups excluding carboxylic acids is 3. The molecule has 0 aromatic heterocycles. The number of nitrogens with zero attached hydrogens (tertiary/aromatic N) is 1. The smallest absolute Gasteiger partial charge is 0.410 e. The van der Waals surface area contributed by atoms with Crippen LogP contribution in [0.1, 0.15) is 160 Å². The third kappa shape index (κ3) is 14.9. The average molecular weight is 887 g/mol. The molecule has 4 rings (SSSR count). The highest BCUT2D eigenvalue weighted by molar-refractivity contribution is 5.69. The van der Waals surface area contributed by atoms with Gasteiger partial charge in [0.1, 0.15) is 17.3 Å². The third-order valence-electron chi connectivity index (χ3n) is 14.4. The Morgan fingerprint density at radius 1 is 0.790 bits per heavy atom. The van der Waals surface area contributed by atoms with E-state index in [9.17, 15) is 23.2 Å². The minimum absolute atomic E-state index is 0.0176. The number of hydrogen-bond donors (Lipinski definition) is 3. The van der Waals surface area contributed by atoms with E-state index in [1.807, 2.05) is 0 Å². The Bertz CT molecular complexity index is 1530. The van der Waals surface area contributed by atoms with Crippen molar-refractivity contribution in [3.8, 4) is 0 Å². The van der Waals surface area contributed by atoms with E-state index in [1.54, 1.807) is 41.5 Å². The van der Waals surface area contributed by atoms with E-state index in [2.05, 4.69) is 56.6 Å². The first kappa shape index (κ1) is 51.9. The summed E-state index contributed by atoms with van der Waals surface area (Å²) in [7, 11) is 0. The normalized spacial score (nSPS) is 28.2. The minimum atomic E-state index is -3.51. The Kier molecular flexibility index (Phi) is 17.6. The first-order valence-corrected chi connectivity index (χ1v) is 23.7. The SMILES string of the molecule is CC(C)CCC[C@@H](C)[C@H]1CC[C@H]2[C@@H]3CC=C4C[C@@H](OC(=O)N(CCCCNCC(F)(F)CNC(=O)OC(C)(C)C)CC(F)(F)CNC(=O)OC(C)(C)C)CC[C@]4(C)[C@H]3CC[C@]12C. The van der Waals surface area contributed by atoms with Crippen LogP contribution in [0.3, 0.4) is 0 Å². The van der Waals surface area contributed by atoms with Gasteiger partial charge in [0.25, 0.3) is 11.8 Å². The molecule has 0 saturated heterocycles. The fourth-order valence-electron chi connectivity index (χ4n) is 11.5. The van der Waals surface area contributed by atoms with Crippen LogP contribution in [0, 0.1) is 46.3 Å². The number of hydrogen-bond acceptors (Lipinski definition) is 7. The monoisotopic (exact) mass is 887 g/mol. The zero-order chi connectivity index (χ0) is 46.3. The minimum Gasteiger partial charge on any atom is -0.446 e. The van der Waals surface area contributed by atoms with Crippen LogP contribution in [0.15, 0.2) is 11.6 Å². The molecule has 0 heterocycles. The molecule has 0 aromatic carbocycles. The van der Waals surface area contributed by atoms with Crippen LogP contribution >= 0.6 is 0 Å². The first-order valence-electron chi connectivity index (χ1n) is 23.7. The lowest BCUT2D eigenvalue weighted by Crippen LogP contribution is -2.51. The van der Waals surface area contributed by atoms with Crippen LogP contribution in [-0.2, 0) is 14.2 Å². The number of allylic oxidation sites excluding steroid dienone is 1. The van der Waals surface area contributed by atoms with E-state index in [0.717, 1.165) is 41.4 Å². The van der Waals surface area contributed by atoms with Crippen molar-refractivity contribution in [3.63, 3.8) is 0 Å². The van der Waals surface area contributed by atoms with Gasteiger partial charge < -0.3 is 35.1 Å². The lowest BCUT2D eigenvalue weighted by molar-refractivity contribution is -0.0624. The molecule has 3 amide bonds. The Morgan fingerprint density at radius 3 is 2.03 bits per heavy atom. The highest BCUT2D eigenvalue weighted by Crippen LogP contribution is 2.67. The molecule has 8 atom stereocenters. The van der Waals surface area contributed by atoms with Gasteiger partial charge in [0.2, 0.25) is 0 Å². The quantitative estimate of drug-likeness (QED) is 0.0512. The largest absolute Gasteiger partial charge is 0.446 e. The van der Waals surface area contributed by atoms with E-state index in [1.165, 1.54) is 50.5 Å². The molecule has 3 fully saturated rings. The summed E-state index contributed by atoms with van der Waals surface area (Å²) < 4.78 is 75.9. The van der Waals surface area contributed by atoms with Gasteiger partial charge in [-0.15, -0.1) is 0 Å². The van der Waals surface area contributed by atoms with Crippen molar-refractivity contribution < 1.29 is 46.2 Å². The number of amides is 3. The summed E-state index contributed by atoms with van der Waals surface area (Å²) in [5, 5.41) is 6.84. The maximum Gasteiger partial charge on any atom is 0.410 e. The number of rotatable bonds is 19. The van der Waals surface area contributed by atoms with Crippen LogP contribution in [-0.4, -0.2) is 91.6 Å². The van der Waals surface area contributed by atoms with Gasteiger partial charge in [-0.2, -0.15) is 0 Å². The van der Waals surface area contributed by atoms with Crippen molar-refractivity contribution in [2.45, 2.75) is 189 Å². The van der Waals surface area contributed by atoms with Gasteiger partial charge >= 0.3 is 18.3 Å². The molecular weight excluding hydrogens is 805 g/mol. The number of alkyl halides is 4. The second-order valence-corrected chi connectivity index (χ2v) is 22.3. The molecule has 4 aliphatic rings. The molecule has 0 bridgehead atoms. The molecule has 0 aliphatic heterocycles. The summed E-state index contributed by atoms with van der Waals surface area (Å²) in [6, 6.07) is 0. The van der Waals surface area contributed by atoms with Crippen molar-refractivity contribution in [3.05, 3.63) is 11.6 Å². The Morgan fingerprint density at radius 2 is 1.42 bits per heavy atom. The second kappa shape index (κ2) is 21.0. The van der Waals surface area contributed by atoms with Gasteiger partial charge in [-0.25, -0.2) is 31.9 Å². The Labute approximate surface area is 370 Å². The molecule has 3 N–H and O–H groups in total. The Hall–Kier alpha value is -2.77. The molecular formula is C48H82F4N4O6. The maximum absolute atomic E-state index is 15.4. The molecule has 0 unspecified atom stereocenters. The van der Waals surface area contributed by atoms with Crippen LogP contribution in [0.4, 0.5) is 31.9 Å². The number of ether oxygens (including phenoxy) is 3. The van der Waals surface area contributed by atoms with E-state index in [-0.39, 0.29) is 24.9 Å². The second-order valence-electron chi connectivity index (χ2n) is 22.3. The summed E-state index contributed by atoms with van der Waals surface area (Å²) in [4.78, 5) is 38.7. The predicted molar refractivity (Wildman–Crippen MR) is 235 cm³/mol. The summed E-state index contributed by atoms with van der Waals surface area (Å²) in [6.45, 7) is 18.2. The highest BCUT2D eigenvalue weighted by Gasteiger charge is 2.59. The summed E-state index contributed by atoms with van der Waals surface area (Å²) in [5.41, 5.74) is 0.0149. The molecule has 0 aromatic rings. The number of carbonyl (C=O) groups is 3. The molecule has 358 valence electrons. The third-order valence-corrected chi connectivity index (χ3v) is 14.4. The number of unbranched alkanes of at least 4 members (excludes halogenated alkanes) is 1. The number of nitrogens with one attached hydrogen (secondary N) is 3. The molecule has 3 saturated carbocycles. The first-order chi connectivity index (χ1) is 28.6. The van der Waals surface area contributed by atoms with E-state index in [4.69, 9.17) is 14.2 Å². The lowest BCUT2D eigenvalue weighted by Gasteiger charge is -2.58. The van der Waals surface area contributed by atoms with Crippen molar-refractivity contribution >= 4 is 18.3 Å². The zero-order valence-electron chi connectivity index (χ0n) is 40.0. The zero-order valence-corrected chi connectivity index (χ0v) is 40.0. The van der Waals surface area contributed by atoms with E-state index >= 15 is 8.78 Å². The van der Waals surface area contributed by atoms with Crippen LogP contribution in [0.25, 0.3) is 0 Å². The highest BCUT2D eigenvalue weighted by atomic mass is 19.3. The van der Waals surface area contributed by atoms with Crippen LogP contribution < -0.4 is 16.0 Å². The van der Waals surface area contributed by atoms with Gasteiger partial charge in [-0.3, -0.25) is 0 Å². The number of halogens is 4. The molecule has 10 nitrogen and oxygen atoms in total. The fourth-order valence-corrected chi connectivity index (χ4v) is 11.5. The van der Waals surface area contributed by atoms with Crippen molar-refractivity contribution in [2.24, 2.45) is 46.3 Å². The summed E-state index contributed by atoms with van der Waals surface area (Å²) >= 11 is 0. The predicted octanol–water partition coefficient (Wildman–Crippen LogP) is 11.5. The van der Waals surface area contributed by atoms with Crippen LogP contribution in [0.2, 0.25) is 0 Å². The van der Waals surface area contributed by atoms with Gasteiger partial charge in [0, 0.05) is 13.0 Å². The average Bonchev–Trinajstić information content (AvgIpc) is 3.50. The van der Waals surface area contributed by atoms with Crippen molar-refractivity contribution in [1.82, 2.24) is 20.9 Å². The van der Waals surface area contributed by atoms with Gasteiger partial charge in [0.05, 0.1) is 26.2 Å². The van der Waals surface area contributed by atoms with E-state index < -0.39 is 73.6 Å². The Balaban J connectivity index is 1.35. The van der Waals surface area contributed by atoms with Crippen molar-refractivity contribution in [1.29, 1.82) is 0 Å². The molecule has 14 heteroatoms. The fraction of sp³-hybridized carbons (Fsp3) is 0.896. The maximum atomic E-state index is 15.4. The topological polar surface area (TPSA) is 118 Å². The standard InChI is InChI=1S/C48H82F4N4O6/c1-32(2)15-14-16-33(3)37-19-20-38-36-18-17-34-27-35(21-23-45(34,10)39(36)22-24-46(37,38)11)60-42(59)56(31-48(51,52)30-55-41(58)62-44(7,8)9)26-13-12-25-53-28-47(49,50)29-54-40(57)61-43(4,5)6/h17,32-33,35-39,53H,12-16,18-31H2,1-11H3,(H,54,57)(H,55,58)/t33-,35+,36+,37-,38+,39+,45+,46-/m1/s1. The molecule has 4 aliphatic carbocycles. The summed E-state index contributed by atoms with van der Waals surface area (Å²) in [5.74, 6) is -2.56. The number of alkyl carbamates (subject to hydrolysis) is 2. The molecule has 0 radical (unpaired) electrons. The van der Waals surface area contributed by atoms with Gasteiger partial charge in [0.15, 0.2) is 0 Å². The molecule has 0 spiro atoms. The van der Waals surface area contributed by atoms with Gasteiger partial charge in [-0.1, -0.05) is 65.5 Å². The van der Waals surface area contributed by atoms with Crippen molar-refractivity contribution in [2.75, 3.05) is 39.3 Å². The number of fused-ring (bicyclic) bond motifs is 5. The molecule has 62 heavy (non-hydrogen) atoms. The van der Waals surface area contributed by atoms with E-state index in [0.29, 0.717) is 36.5 Å². The lowest BCUT2D eigenvalue weighted by atomic mass is 9.47.